The quantitative estimate of drug-likeness (QED) is 0.704. The van der Waals surface area contributed by atoms with Crippen LogP contribution in [0.3, 0.4) is 0 Å². The van der Waals surface area contributed by atoms with E-state index in [-0.39, 0.29) is 35.9 Å². The van der Waals surface area contributed by atoms with Crippen molar-refractivity contribution in [2.75, 3.05) is 45.8 Å². The van der Waals surface area contributed by atoms with Crippen LogP contribution in [-0.4, -0.2) is 83.2 Å². The highest BCUT2D eigenvalue weighted by Gasteiger charge is 2.28. The summed E-state index contributed by atoms with van der Waals surface area (Å²) in [4.78, 5) is 48.4. The molecule has 1 aromatic carbocycles. The molecule has 0 bridgehead atoms. The van der Waals surface area contributed by atoms with E-state index in [1.54, 1.807) is 35.4 Å². The lowest BCUT2D eigenvalue weighted by atomic mass is 9.96. The maximum absolute atomic E-state index is 14.0. The number of nitrogens with one attached hydrogen (secondary N) is 1. The first-order valence-electron chi connectivity index (χ1n) is 12.7. The molecule has 36 heavy (non-hydrogen) atoms. The second kappa shape index (κ2) is 12.6. The van der Waals surface area contributed by atoms with Gasteiger partial charge >= 0.3 is 0 Å². The zero-order valence-corrected chi connectivity index (χ0v) is 20.6. The second-order valence-corrected chi connectivity index (χ2v) is 9.45. The number of carbonyl (C=O) groups is 3. The number of carbonyl (C=O) groups excluding carboxylic acids is 3. The molecule has 9 heteroatoms. The van der Waals surface area contributed by atoms with Gasteiger partial charge in [-0.25, -0.2) is 4.39 Å². The van der Waals surface area contributed by atoms with Crippen molar-refractivity contribution in [2.24, 2.45) is 5.92 Å². The maximum Gasteiger partial charge on any atom is 0.255 e. The van der Waals surface area contributed by atoms with E-state index in [0.29, 0.717) is 82.7 Å². The van der Waals surface area contributed by atoms with Gasteiger partial charge in [-0.1, -0.05) is 18.2 Å². The van der Waals surface area contributed by atoms with Crippen molar-refractivity contribution < 1.29 is 18.8 Å². The Hall–Kier alpha value is -3.33. The monoisotopic (exact) mass is 495 g/mol. The first kappa shape index (κ1) is 25.8. The van der Waals surface area contributed by atoms with Gasteiger partial charge in [0, 0.05) is 82.7 Å². The van der Waals surface area contributed by atoms with Crippen LogP contribution in [0.2, 0.25) is 0 Å². The number of halogens is 1. The molecule has 1 unspecified atom stereocenters. The molecule has 1 atom stereocenters. The third-order valence-electron chi connectivity index (χ3n) is 6.99. The van der Waals surface area contributed by atoms with E-state index in [0.717, 1.165) is 0 Å². The molecule has 0 radical (unpaired) electrons. The molecule has 0 spiro atoms. The lowest BCUT2D eigenvalue weighted by molar-refractivity contribution is -0.138. The minimum Gasteiger partial charge on any atom is -0.356 e. The molecule has 192 valence electrons. The maximum atomic E-state index is 14.0. The van der Waals surface area contributed by atoms with Crippen molar-refractivity contribution >= 4 is 17.7 Å². The normalized spacial score (nSPS) is 20.4. The van der Waals surface area contributed by atoms with Gasteiger partial charge in [-0.05, 0) is 37.5 Å². The lowest BCUT2D eigenvalue weighted by Crippen LogP contribution is -2.50. The number of aromatic nitrogens is 1. The Labute approximate surface area is 211 Å². The molecule has 1 N–H and O–H groups in total. The van der Waals surface area contributed by atoms with Crippen molar-refractivity contribution in [3.8, 4) is 0 Å². The molecule has 3 amide bonds. The first-order valence-corrected chi connectivity index (χ1v) is 12.7. The summed E-state index contributed by atoms with van der Waals surface area (Å²) in [5, 5.41) is 2.90. The van der Waals surface area contributed by atoms with Crippen LogP contribution in [0, 0.1) is 11.7 Å². The average molecular weight is 496 g/mol. The predicted molar refractivity (Wildman–Crippen MR) is 133 cm³/mol. The Balaban J connectivity index is 1.33. The van der Waals surface area contributed by atoms with Gasteiger partial charge in [0.1, 0.15) is 5.82 Å². The fraction of sp³-hybridized carbons (Fsp3) is 0.481. The number of nitrogens with zero attached hydrogens (tertiary/aromatic N) is 4. The van der Waals surface area contributed by atoms with Gasteiger partial charge in [-0.2, -0.15) is 0 Å². The third kappa shape index (κ3) is 6.87. The van der Waals surface area contributed by atoms with Crippen molar-refractivity contribution in [2.45, 2.75) is 32.2 Å². The van der Waals surface area contributed by atoms with Crippen LogP contribution < -0.4 is 5.32 Å². The summed E-state index contributed by atoms with van der Waals surface area (Å²) in [6.07, 6.45) is 5.30. The number of pyridine rings is 1. The van der Waals surface area contributed by atoms with Gasteiger partial charge in [-0.15, -0.1) is 0 Å². The summed E-state index contributed by atoms with van der Waals surface area (Å²) in [7, 11) is 0. The van der Waals surface area contributed by atoms with Crippen molar-refractivity contribution in [1.29, 1.82) is 0 Å². The van der Waals surface area contributed by atoms with Crippen molar-refractivity contribution in [3.05, 3.63) is 65.7 Å². The third-order valence-corrected chi connectivity index (χ3v) is 6.99. The van der Waals surface area contributed by atoms with Gasteiger partial charge in [0.2, 0.25) is 11.8 Å². The van der Waals surface area contributed by atoms with Gasteiger partial charge in [-0.3, -0.25) is 24.3 Å². The van der Waals surface area contributed by atoms with Crippen LogP contribution in [0.25, 0.3) is 0 Å². The molecule has 2 saturated heterocycles. The zero-order chi connectivity index (χ0) is 25.3. The number of piperazine rings is 1. The SMILES string of the molecule is O=C1CCN(C(=O)c2cccnc2)CCCC(C(=O)N2CCN(Cc3ccccc3F)CC2)CCN1. The minimum atomic E-state index is -0.211. The van der Waals surface area contributed by atoms with Crippen LogP contribution in [0.15, 0.2) is 48.8 Å². The highest BCUT2D eigenvalue weighted by Crippen LogP contribution is 2.19. The van der Waals surface area contributed by atoms with Crippen molar-refractivity contribution in [3.63, 3.8) is 0 Å². The molecule has 2 aliphatic rings. The Morgan fingerprint density at radius 1 is 0.972 bits per heavy atom. The Kier molecular flexibility index (Phi) is 9.00. The van der Waals surface area contributed by atoms with Gasteiger partial charge in [0.05, 0.1) is 5.56 Å². The summed E-state index contributed by atoms with van der Waals surface area (Å²) in [5.74, 6) is -0.583. The molecule has 2 aromatic rings. The van der Waals surface area contributed by atoms with E-state index in [1.807, 2.05) is 11.0 Å². The molecule has 0 saturated carbocycles. The molecule has 2 fully saturated rings. The standard InChI is InChI=1S/C27H34FN5O3/c28-24-8-2-1-5-23(24)20-31-15-17-33(18-16-31)26(35)21-7-4-13-32(14-10-25(34)30-12-9-21)27(36)22-6-3-11-29-19-22/h1-3,5-6,8,11,19,21H,4,7,9-10,12-18,20H2,(H,30,34). The molecule has 0 aliphatic carbocycles. The van der Waals surface area contributed by atoms with Gasteiger partial charge in [0.15, 0.2) is 0 Å². The number of rotatable bonds is 4. The van der Waals surface area contributed by atoms with Crippen LogP contribution in [0.5, 0.6) is 0 Å². The molecule has 4 rings (SSSR count). The summed E-state index contributed by atoms with van der Waals surface area (Å²) < 4.78 is 14.0. The highest BCUT2D eigenvalue weighted by molar-refractivity contribution is 5.94. The van der Waals surface area contributed by atoms with Gasteiger partial charge < -0.3 is 15.1 Å². The molecular formula is C27H34FN5O3. The highest BCUT2D eigenvalue weighted by atomic mass is 19.1. The number of amides is 3. The topological polar surface area (TPSA) is 85.8 Å². The lowest BCUT2D eigenvalue weighted by Gasteiger charge is -2.36. The fourth-order valence-electron chi connectivity index (χ4n) is 4.87. The average Bonchev–Trinajstić information content (AvgIpc) is 2.95. The van der Waals surface area contributed by atoms with Gasteiger partial charge in [0.25, 0.3) is 5.91 Å². The summed E-state index contributed by atoms with van der Waals surface area (Å²) in [6, 6.07) is 10.2. The fourth-order valence-corrected chi connectivity index (χ4v) is 4.87. The molecule has 1 aromatic heterocycles. The van der Waals surface area contributed by atoms with E-state index < -0.39 is 0 Å². The van der Waals surface area contributed by atoms with Crippen molar-refractivity contribution in [1.82, 2.24) is 25.0 Å². The Morgan fingerprint density at radius 2 is 1.78 bits per heavy atom. The predicted octanol–water partition coefficient (Wildman–Crippen LogP) is 2.31. The Bertz CT molecular complexity index is 1040. The first-order chi connectivity index (χ1) is 17.5. The van der Waals surface area contributed by atoms with E-state index in [2.05, 4.69) is 15.2 Å². The summed E-state index contributed by atoms with van der Waals surface area (Å²) in [6.45, 7) is 4.38. The van der Waals surface area contributed by atoms with Crippen LogP contribution >= 0.6 is 0 Å². The zero-order valence-electron chi connectivity index (χ0n) is 20.6. The number of hydrogen-bond acceptors (Lipinski definition) is 5. The number of hydrogen-bond donors (Lipinski definition) is 1. The summed E-state index contributed by atoms with van der Waals surface area (Å²) >= 11 is 0. The van der Waals surface area contributed by atoms with E-state index in [4.69, 9.17) is 0 Å². The van der Waals surface area contributed by atoms with E-state index >= 15 is 0 Å². The number of benzene rings is 1. The summed E-state index contributed by atoms with van der Waals surface area (Å²) in [5.41, 5.74) is 1.16. The molecule has 2 aliphatic heterocycles. The van der Waals surface area contributed by atoms with Crippen LogP contribution in [0.1, 0.15) is 41.6 Å². The molecular weight excluding hydrogens is 461 g/mol. The Morgan fingerprint density at radius 3 is 2.53 bits per heavy atom. The molecule has 8 nitrogen and oxygen atoms in total. The van der Waals surface area contributed by atoms with Crippen LogP contribution in [-0.2, 0) is 16.1 Å². The molecule has 3 heterocycles. The van der Waals surface area contributed by atoms with E-state index in [9.17, 15) is 18.8 Å². The minimum absolute atomic E-state index is 0.0965. The van der Waals surface area contributed by atoms with Crippen LogP contribution in [0.4, 0.5) is 4.39 Å². The largest absolute Gasteiger partial charge is 0.356 e. The second-order valence-electron chi connectivity index (χ2n) is 9.45. The van der Waals surface area contributed by atoms with E-state index in [1.165, 1.54) is 12.3 Å². The smallest absolute Gasteiger partial charge is 0.255 e.